The van der Waals surface area contributed by atoms with E-state index in [-0.39, 0.29) is 30.7 Å². The highest BCUT2D eigenvalue weighted by molar-refractivity contribution is 6.07. The van der Waals surface area contributed by atoms with Gasteiger partial charge in [0.05, 0.1) is 16.8 Å². The predicted molar refractivity (Wildman–Crippen MR) is 113 cm³/mol. The third-order valence-electron chi connectivity index (χ3n) is 4.55. The molecule has 1 N–H and O–H groups in total. The molecule has 3 heterocycles. The van der Waals surface area contributed by atoms with Crippen molar-refractivity contribution in [3.05, 3.63) is 60.4 Å². The second-order valence-electron chi connectivity index (χ2n) is 6.20. The Bertz CT molecular complexity index is 897. The van der Waals surface area contributed by atoms with Crippen molar-refractivity contribution in [2.24, 2.45) is 0 Å². The average molecular weight is 405 g/mol. The van der Waals surface area contributed by atoms with E-state index in [1.807, 2.05) is 47.4 Å². The van der Waals surface area contributed by atoms with Gasteiger partial charge in [0.2, 0.25) is 0 Å². The molecule has 1 aromatic carbocycles. The molecule has 2 aromatic heterocycles. The lowest BCUT2D eigenvalue weighted by atomic mass is 10.0. The fourth-order valence-corrected chi connectivity index (χ4v) is 3.24. The minimum Gasteiger partial charge on any atom is -0.337 e. The van der Waals surface area contributed by atoms with Crippen LogP contribution in [0.2, 0.25) is 0 Å². The minimum absolute atomic E-state index is 0. The van der Waals surface area contributed by atoms with Crippen LogP contribution in [0.1, 0.15) is 16.8 Å². The van der Waals surface area contributed by atoms with Crippen LogP contribution in [-0.2, 0) is 0 Å². The molecule has 1 saturated heterocycles. The van der Waals surface area contributed by atoms with Crippen LogP contribution in [0.4, 0.5) is 0 Å². The third-order valence-corrected chi connectivity index (χ3v) is 4.55. The number of para-hydroxylation sites is 1. The van der Waals surface area contributed by atoms with Gasteiger partial charge in [0, 0.05) is 43.0 Å². The molecule has 3 aromatic rings. The van der Waals surface area contributed by atoms with Gasteiger partial charge in [-0.15, -0.1) is 24.8 Å². The van der Waals surface area contributed by atoms with Crippen molar-refractivity contribution >= 4 is 41.6 Å². The number of carbonyl (C=O) groups is 1. The highest BCUT2D eigenvalue weighted by Gasteiger charge is 2.20. The zero-order valence-electron chi connectivity index (χ0n) is 14.8. The number of halogens is 2. The van der Waals surface area contributed by atoms with Gasteiger partial charge < -0.3 is 10.2 Å². The van der Waals surface area contributed by atoms with E-state index in [0.717, 1.165) is 60.3 Å². The number of amides is 1. The molecule has 0 bridgehead atoms. The number of benzene rings is 1. The SMILES string of the molecule is Cl.Cl.O=C(c1cc(-c2ccncc2)nc2ccccc12)N1CCCNCC1. The van der Waals surface area contributed by atoms with Crippen molar-refractivity contribution in [1.82, 2.24) is 20.2 Å². The molecule has 0 saturated carbocycles. The van der Waals surface area contributed by atoms with Gasteiger partial charge >= 0.3 is 0 Å². The molecular formula is C20H22Cl2N4O. The maximum Gasteiger partial charge on any atom is 0.254 e. The standard InChI is InChI=1S/C20H20N4O.2ClH/c25-20(24-12-3-8-21-11-13-24)17-14-19(15-6-9-22-10-7-15)23-18-5-2-1-4-16(17)18;;/h1-2,4-7,9-10,14,21H,3,8,11-13H2;2*1H. The largest absolute Gasteiger partial charge is 0.337 e. The van der Waals surface area contributed by atoms with E-state index < -0.39 is 0 Å². The number of carbonyl (C=O) groups excluding carboxylic acids is 1. The lowest BCUT2D eigenvalue weighted by Crippen LogP contribution is -2.34. The summed E-state index contributed by atoms with van der Waals surface area (Å²) in [4.78, 5) is 24.0. The quantitative estimate of drug-likeness (QED) is 0.708. The smallest absolute Gasteiger partial charge is 0.254 e. The first-order chi connectivity index (χ1) is 12.3. The van der Waals surface area contributed by atoms with Crippen molar-refractivity contribution in [1.29, 1.82) is 0 Å². The topological polar surface area (TPSA) is 58.1 Å². The van der Waals surface area contributed by atoms with Crippen LogP contribution >= 0.6 is 24.8 Å². The molecule has 0 atom stereocenters. The fraction of sp³-hybridized carbons (Fsp3) is 0.250. The van der Waals surface area contributed by atoms with Gasteiger partial charge in [-0.05, 0) is 37.2 Å². The van der Waals surface area contributed by atoms with Crippen molar-refractivity contribution < 1.29 is 4.79 Å². The molecule has 0 radical (unpaired) electrons. The van der Waals surface area contributed by atoms with Crippen LogP contribution in [0.3, 0.4) is 0 Å². The van der Waals surface area contributed by atoms with Crippen LogP contribution in [0.25, 0.3) is 22.2 Å². The van der Waals surface area contributed by atoms with E-state index in [2.05, 4.69) is 10.3 Å². The fourth-order valence-electron chi connectivity index (χ4n) is 3.24. The maximum atomic E-state index is 13.2. The predicted octanol–water partition coefficient (Wildman–Crippen LogP) is 3.58. The number of hydrogen-bond acceptors (Lipinski definition) is 4. The summed E-state index contributed by atoms with van der Waals surface area (Å²) in [5.74, 6) is 0.0811. The number of aromatic nitrogens is 2. The average Bonchev–Trinajstić information content (AvgIpc) is 2.97. The molecule has 0 aliphatic carbocycles. The Morgan fingerprint density at radius 2 is 1.78 bits per heavy atom. The number of rotatable bonds is 2. The lowest BCUT2D eigenvalue weighted by Gasteiger charge is -2.21. The molecule has 1 aliphatic rings. The molecule has 1 amide bonds. The zero-order chi connectivity index (χ0) is 17.1. The molecular weight excluding hydrogens is 383 g/mol. The van der Waals surface area contributed by atoms with E-state index in [4.69, 9.17) is 4.98 Å². The Morgan fingerprint density at radius 1 is 1.00 bits per heavy atom. The molecule has 0 unspecified atom stereocenters. The van der Waals surface area contributed by atoms with Crippen LogP contribution in [0.5, 0.6) is 0 Å². The number of pyridine rings is 2. The molecule has 142 valence electrons. The molecule has 0 spiro atoms. The van der Waals surface area contributed by atoms with Gasteiger partial charge in [0.25, 0.3) is 5.91 Å². The lowest BCUT2D eigenvalue weighted by molar-refractivity contribution is 0.0768. The molecule has 7 heteroatoms. The van der Waals surface area contributed by atoms with E-state index in [9.17, 15) is 4.79 Å². The van der Waals surface area contributed by atoms with Gasteiger partial charge in [0.1, 0.15) is 0 Å². The van der Waals surface area contributed by atoms with E-state index in [0.29, 0.717) is 0 Å². The van der Waals surface area contributed by atoms with Crippen LogP contribution in [0.15, 0.2) is 54.9 Å². The summed E-state index contributed by atoms with van der Waals surface area (Å²) < 4.78 is 0. The Balaban J connectivity index is 0.00000131. The summed E-state index contributed by atoms with van der Waals surface area (Å²) in [6.45, 7) is 3.32. The highest BCUT2D eigenvalue weighted by atomic mass is 35.5. The highest BCUT2D eigenvalue weighted by Crippen LogP contribution is 2.25. The maximum absolute atomic E-state index is 13.2. The summed E-state index contributed by atoms with van der Waals surface area (Å²) in [6, 6.07) is 13.6. The summed E-state index contributed by atoms with van der Waals surface area (Å²) in [7, 11) is 0. The first kappa shape index (κ1) is 21.1. The summed E-state index contributed by atoms with van der Waals surface area (Å²) in [5, 5.41) is 4.25. The first-order valence-corrected chi connectivity index (χ1v) is 8.63. The van der Waals surface area contributed by atoms with Gasteiger partial charge in [-0.25, -0.2) is 4.98 Å². The third kappa shape index (κ3) is 4.56. The summed E-state index contributed by atoms with van der Waals surface area (Å²) >= 11 is 0. The number of fused-ring (bicyclic) bond motifs is 1. The number of nitrogens with zero attached hydrogens (tertiary/aromatic N) is 3. The normalized spacial score (nSPS) is 14.0. The van der Waals surface area contributed by atoms with E-state index in [1.54, 1.807) is 12.4 Å². The van der Waals surface area contributed by atoms with E-state index >= 15 is 0 Å². The minimum atomic E-state index is 0. The molecule has 27 heavy (non-hydrogen) atoms. The first-order valence-electron chi connectivity index (χ1n) is 8.63. The van der Waals surface area contributed by atoms with Crippen molar-refractivity contribution in [2.75, 3.05) is 26.2 Å². The van der Waals surface area contributed by atoms with Crippen molar-refractivity contribution in [3.63, 3.8) is 0 Å². The van der Waals surface area contributed by atoms with Gasteiger partial charge in [-0.3, -0.25) is 9.78 Å². The van der Waals surface area contributed by atoms with Crippen LogP contribution in [-0.4, -0.2) is 47.0 Å². The van der Waals surface area contributed by atoms with Crippen LogP contribution < -0.4 is 5.32 Å². The Morgan fingerprint density at radius 3 is 2.59 bits per heavy atom. The Labute approximate surface area is 171 Å². The second-order valence-corrected chi connectivity index (χ2v) is 6.20. The molecule has 1 fully saturated rings. The van der Waals surface area contributed by atoms with Gasteiger partial charge in [0.15, 0.2) is 0 Å². The monoisotopic (exact) mass is 404 g/mol. The van der Waals surface area contributed by atoms with Gasteiger partial charge in [-0.2, -0.15) is 0 Å². The van der Waals surface area contributed by atoms with Crippen molar-refractivity contribution in [2.45, 2.75) is 6.42 Å². The van der Waals surface area contributed by atoms with E-state index in [1.165, 1.54) is 0 Å². The summed E-state index contributed by atoms with van der Waals surface area (Å²) in [5.41, 5.74) is 3.33. The molecule has 4 rings (SSSR count). The second kappa shape index (κ2) is 9.65. The molecule has 1 aliphatic heterocycles. The molecule has 5 nitrogen and oxygen atoms in total. The Kier molecular flexibility index (Phi) is 7.54. The summed E-state index contributed by atoms with van der Waals surface area (Å²) in [6.07, 6.45) is 4.47. The van der Waals surface area contributed by atoms with Gasteiger partial charge in [-0.1, -0.05) is 18.2 Å². The number of nitrogens with one attached hydrogen (secondary N) is 1. The van der Waals surface area contributed by atoms with Crippen LogP contribution in [0, 0.1) is 0 Å². The number of hydrogen-bond donors (Lipinski definition) is 1. The Hall–Kier alpha value is -2.21. The van der Waals surface area contributed by atoms with Crippen molar-refractivity contribution in [3.8, 4) is 11.3 Å². The zero-order valence-corrected chi connectivity index (χ0v) is 16.4.